The maximum atomic E-state index is 11.1. The lowest BCUT2D eigenvalue weighted by molar-refractivity contribution is -0.389. The van der Waals surface area contributed by atoms with E-state index in [-0.39, 0.29) is 5.56 Å². The van der Waals surface area contributed by atoms with Gasteiger partial charge in [0, 0.05) is 13.2 Å². The molecule has 1 aromatic heterocycles. The summed E-state index contributed by atoms with van der Waals surface area (Å²) in [5.41, 5.74) is 5.26. The second kappa shape index (κ2) is 5.94. The van der Waals surface area contributed by atoms with Crippen LogP contribution in [0.2, 0.25) is 0 Å². The molecule has 1 aromatic rings. The Kier molecular flexibility index (Phi) is 4.58. The first-order valence-electron chi connectivity index (χ1n) is 5.17. The van der Waals surface area contributed by atoms with Crippen LogP contribution in [0, 0.1) is 10.1 Å². The molecule has 0 aliphatic rings. The van der Waals surface area contributed by atoms with Gasteiger partial charge in [-0.25, -0.2) is 0 Å². The van der Waals surface area contributed by atoms with E-state index in [0.29, 0.717) is 31.7 Å². The lowest BCUT2D eigenvalue weighted by atomic mass is 10.1. The third kappa shape index (κ3) is 3.25. The first kappa shape index (κ1) is 13.1. The molecule has 0 aliphatic heterocycles. The van der Waals surface area contributed by atoms with Gasteiger partial charge < -0.3 is 20.6 Å². The Morgan fingerprint density at radius 1 is 1.65 bits per heavy atom. The maximum Gasteiger partial charge on any atom is 0.355 e. The van der Waals surface area contributed by atoms with Gasteiger partial charge in [0.1, 0.15) is 5.69 Å². The number of carbonyl (C=O) groups excluding carboxylic acids is 1. The van der Waals surface area contributed by atoms with E-state index in [2.05, 4.69) is 10.2 Å². The number of primary amides is 1. The number of rotatable bonds is 7. The molecule has 0 saturated carbocycles. The van der Waals surface area contributed by atoms with Gasteiger partial charge >= 0.3 is 5.82 Å². The van der Waals surface area contributed by atoms with E-state index in [0.717, 1.165) is 0 Å². The minimum Gasteiger partial charge on any atom is -0.382 e. The Hall–Kier alpha value is -1.96. The van der Waals surface area contributed by atoms with Crippen molar-refractivity contribution in [3.05, 3.63) is 21.4 Å². The number of aromatic nitrogens is 2. The number of hydrogen-bond acceptors (Lipinski definition) is 5. The van der Waals surface area contributed by atoms with Crippen molar-refractivity contribution in [2.75, 3.05) is 13.2 Å². The molecule has 0 fully saturated rings. The van der Waals surface area contributed by atoms with E-state index in [4.69, 9.17) is 10.5 Å². The molecular formula is C9H14N4O4. The lowest BCUT2D eigenvalue weighted by Crippen LogP contribution is -2.14. The normalized spacial score (nSPS) is 10.4. The van der Waals surface area contributed by atoms with Gasteiger partial charge in [-0.15, -0.1) is 5.10 Å². The third-order valence-electron chi connectivity index (χ3n) is 2.16. The summed E-state index contributed by atoms with van der Waals surface area (Å²) in [6.07, 6.45) is 1.03. The molecule has 0 spiro atoms. The van der Waals surface area contributed by atoms with E-state index >= 15 is 0 Å². The van der Waals surface area contributed by atoms with Crippen LogP contribution in [0.15, 0.2) is 0 Å². The van der Waals surface area contributed by atoms with Crippen molar-refractivity contribution in [3.63, 3.8) is 0 Å². The summed E-state index contributed by atoms with van der Waals surface area (Å²) in [7, 11) is 0. The monoisotopic (exact) mass is 242 g/mol. The summed E-state index contributed by atoms with van der Waals surface area (Å²) >= 11 is 0. The molecule has 8 nitrogen and oxygen atoms in total. The zero-order valence-corrected chi connectivity index (χ0v) is 9.43. The van der Waals surface area contributed by atoms with Crippen molar-refractivity contribution in [1.29, 1.82) is 0 Å². The zero-order valence-electron chi connectivity index (χ0n) is 9.43. The van der Waals surface area contributed by atoms with Crippen LogP contribution in [0.25, 0.3) is 0 Å². The fourth-order valence-corrected chi connectivity index (χ4v) is 1.43. The van der Waals surface area contributed by atoms with Crippen LogP contribution in [0.5, 0.6) is 0 Å². The molecular weight excluding hydrogens is 228 g/mol. The number of hydrogen-bond donors (Lipinski definition) is 2. The van der Waals surface area contributed by atoms with Crippen LogP contribution >= 0.6 is 0 Å². The summed E-state index contributed by atoms with van der Waals surface area (Å²) in [6, 6.07) is 0. The number of nitro groups is 1. The topological polar surface area (TPSA) is 124 Å². The van der Waals surface area contributed by atoms with Crippen LogP contribution < -0.4 is 5.73 Å². The number of carbonyl (C=O) groups is 1. The average molecular weight is 242 g/mol. The van der Waals surface area contributed by atoms with Gasteiger partial charge in [-0.2, -0.15) is 0 Å². The molecule has 0 aromatic carbocycles. The molecule has 0 unspecified atom stereocenters. The third-order valence-corrected chi connectivity index (χ3v) is 2.16. The smallest absolute Gasteiger partial charge is 0.355 e. The second-order valence-electron chi connectivity index (χ2n) is 3.32. The van der Waals surface area contributed by atoms with E-state index < -0.39 is 16.6 Å². The molecule has 0 aliphatic carbocycles. The highest BCUT2D eigenvalue weighted by Crippen LogP contribution is 2.19. The number of nitrogens with zero attached hydrogens (tertiary/aromatic N) is 2. The van der Waals surface area contributed by atoms with Crippen LogP contribution in [0.1, 0.15) is 29.4 Å². The Morgan fingerprint density at radius 2 is 2.35 bits per heavy atom. The SMILES string of the molecule is CCOCCCc1n[nH]c([N+](=O)[O-])c1C(N)=O. The van der Waals surface area contributed by atoms with Gasteiger partial charge in [0.2, 0.25) is 0 Å². The number of aryl methyl sites for hydroxylation is 1. The first-order valence-corrected chi connectivity index (χ1v) is 5.17. The first-order chi connectivity index (χ1) is 8.07. The molecule has 8 heteroatoms. The minimum atomic E-state index is -0.850. The second-order valence-corrected chi connectivity index (χ2v) is 3.32. The lowest BCUT2D eigenvalue weighted by Gasteiger charge is -1.99. The average Bonchev–Trinajstić information content (AvgIpc) is 2.68. The zero-order chi connectivity index (χ0) is 12.8. The highest BCUT2D eigenvalue weighted by molar-refractivity contribution is 5.97. The van der Waals surface area contributed by atoms with Crippen molar-refractivity contribution < 1.29 is 14.5 Å². The highest BCUT2D eigenvalue weighted by atomic mass is 16.6. The van der Waals surface area contributed by atoms with Crippen molar-refractivity contribution in [2.24, 2.45) is 5.73 Å². The number of ether oxygens (including phenoxy) is 1. The molecule has 1 rings (SSSR count). The molecule has 0 radical (unpaired) electrons. The number of nitrogens with one attached hydrogen (secondary N) is 1. The van der Waals surface area contributed by atoms with Crippen LogP contribution in [-0.4, -0.2) is 34.2 Å². The molecule has 94 valence electrons. The van der Waals surface area contributed by atoms with Crippen LogP contribution in [-0.2, 0) is 11.2 Å². The van der Waals surface area contributed by atoms with E-state index in [1.165, 1.54) is 0 Å². The minimum absolute atomic E-state index is 0.147. The molecule has 1 amide bonds. The van der Waals surface area contributed by atoms with E-state index in [1.54, 1.807) is 0 Å². The Labute approximate surface area is 97.3 Å². The van der Waals surface area contributed by atoms with Crippen molar-refractivity contribution >= 4 is 11.7 Å². The predicted octanol–water partition coefficient (Wildman–Crippen LogP) is 0.386. The Balaban J connectivity index is 2.78. The molecule has 1 heterocycles. The van der Waals surface area contributed by atoms with Gasteiger partial charge in [0.25, 0.3) is 5.91 Å². The number of amides is 1. The van der Waals surface area contributed by atoms with Crippen molar-refractivity contribution in [1.82, 2.24) is 10.2 Å². The van der Waals surface area contributed by atoms with Crippen LogP contribution in [0.3, 0.4) is 0 Å². The number of H-pyrrole nitrogens is 1. The fraction of sp³-hybridized carbons (Fsp3) is 0.556. The van der Waals surface area contributed by atoms with Gasteiger partial charge in [-0.3, -0.25) is 4.79 Å². The summed E-state index contributed by atoms with van der Waals surface area (Å²) in [5.74, 6) is -1.30. The molecule has 3 N–H and O–H groups in total. The molecule has 0 atom stereocenters. The van der Waals surface area contributed by atoms with Gasteiger partial charge in [-0.1, -0.05) is 5.10 Å². The standard InChI is InChI=1S/C9H14N4O4/c1-2-17-5-3-4-6-7(8(10)14)9(12-11-6)13(15)16/h2-5H2,1H3,(H2,10,14)(H,11,12). The van der Waals surface area contributed by atoms with Crippen molar-refractivity contribution in [2.45, 2.75) is 19.8 Å². The maximum absolute atomic E-state index is 11.1. The molecule has 17 heavy (non-hydrogen) atoms. The van der Waals surface area contributed by atoms with Gasteiger partial charge in [0.15, 0.2) is 5.56 Å². The van der Waals surface area contributed by atoms with Gasteiger partial charge in [-0.05, 0) is 24.7 Å². The van der Waals surface area contributed by atoms with Crippen LogP contribution in [0.4, 0.5) is 5.82 Å². The Bertz CT molecular complexity index is 415. The van der Waals surface area contributed by atoms with Crippen molar-refractivity contribution in [3.8, 4) is 0 Å². The summed E-state index contributed by atoms with van der Waals surface area (Å²) in [6.45, 7) is 2.98. The highest BCUT2D eigenvalue weighted by Gasteiger charge is 2.25. The summed E-state index contributed by atoms with van der Waals surface area (Å²) in [5, 5.41) is 16.6. The Morgan fingerprint density at radius 3 is 2.88 bits per heavy atom. The summed E-state index contributed by atoms with van der Waals surface area (Å²) in [4.78, 5) is 21.0. The molecule has 0 saturated heterocycles. The van der Waals surface area contributed by atoms with Gasteiger partial charge in [0.05, 0.1) is 0 Å². The quantitative estimate of drug-likeness (QED) is 0.406. The largest absolute Gasteiger partial charge is 0.382 e. The number of aromatic amines is 1. The summed E-state index contributed by atoms with van der Waals surface area (Å²) < 4.78 is 5.12. The predicted molar refractivity (Wildman–Crippen MR) is 58.6 cm³/mol. The van der Waals surface area contributed by atoms with E-state index in [9.17, 15) is 14.9 Å². The fourth-order valence-electron chi connectivity index (χ4n) is 1.43. The van der Waals surface area contributed by atoms with E-state index in [1.807, 2.05) is 6.92 Å². The number of nitrogens with two attached hydrogens (primary N) is 1. The molecule has 0 bridgehead atoms.